The predicted molar refractivity (Wildman–Crippen MR) is 92.5 cm³/mol. The van der Waals surface area contributed by atoms with Crippen molar-refractivity contribution in [3.63, 3.8) is 0 Å². The number of carbonyl (C=O) groups excluding carboxylic acids is 1. The molecular formula is C18H18N4O5. The van der Waals surface area contributed by atoms with Crippen LogP contribution >= 0.6 is 0 Å². The molecule has 0 saturated carbocycles. The van der Waals surface area contributed by atoms with E-state index in [1.54, 1.807) is 37.4 Å². The van der Waals surface area contributed by atoms with Crippen LogP contribution in [0.1, 0.15) is 27.6 Å². The second kappa shape index (κ2) is 7.02. The fourth-order valence-corrected chi connectivity index (χ4v) is 2.66. The predicted octanol–water partition coefficient (Wildman–Crippen LogP) is 2.29. The van der Waals surface area contributed by atoms with E-state index in [1.165, 1.54) is 4.90 Å². The molecule has 1 aliphatic rings. The molecule has 3 heterocycles. The summed E-state index contributed by atoms with van der Waals surface area (Å²) in [4.78, 5) is 14.0. The molecular weight excluding hydrogens is 352 g/mol. The van der Waals surface area contributed by atoms with Crippen molar-refractivity contribution in [3.8, 4) is 17.2 Å². The molecule has 27 heavy (non-hydrogen) atoms. The topological polar surface area (TPSA) is 103 Å². The number of ether oxygens (including phenoxy) is 3. The lowest BCUT2D eigenvalue weighted by Crippen LogP contribution is -2.26. The first-order valence-corrected chi connectivity index (χ1v) is 8.33. The maximum atomic E-state index is 12.5. The third kappa shape index (κ3) is 3.71. The quantitative estimate of drug-likeness (QED) is 0.710. The first-order chi connectivity index (χ1) is 13.1. The van der Waals surface area contributed by atoms with E-state index in [2.05, 4.69) is 15.4 Å². The highest BCUT2D eigenvalue weighted by molar-refractivity contribution is 5.92. The zero-order chi connectivity index (χ0) is 18.8. The van der Waals surface area contributed by atoms with Gasteiger partial charge in [-0.25, -0.2) is 0 Å². The number of carbonyl (C=O) groups is 1. The molecule has 0 radical (unpaired) electrons. The lowest BCUT2D eigenvalue weighted by Gasteiger charge is -2.13. The molecule has 1 aliphatic heterocycles. The Hall–Kier alpha value is -3.49. The van der Waals surface area contributed by atoms with Crippen LogP contribution < -0.4 is 14.2 Å². The second-order valence-corrected chi connectivity index (χ2v) is 6.18. The van der Waals surface area contributed by atoms with Crippen LogP contribution in [0.5, 0.6) is 17.2 Å². The second-order valence-electron chi connectivity index (χ2n) is 6.18. The van der Waals surface area contributed by atoms with Crippen LogP contribution in [-0.4, -0.2) is 40.0 Å². The van der Waals surface area contributed by atoms with E-state index in [0.717, 1.165) is 5.69 Å². The third-order valence-corrected chi connectivity index (χ3v) is 4.00. The molecule has 0 atom stereocenters. The van der Waals surface area contributed by atoms with Crippen LogP contribution in [0.15, 0.2) is 34.9 Å². The molecule has 0 saturated heterocycles. The summed E-state index contributed by atoms with van der Waals surface area (Å²) in [6, 6.07) is 8.80. The van der Waals surface area contributed by atoms with E-state index in [1.807, 2.05) is 6.92 Å². The average molecular weight is 370 g/mol. The fraction of sp³-hybridized carbons (Fsp3) is 0.278. The maximum absolute atomic E-state index is 12.5. The lowest BCUT2D eigenvalue weighted by atomic mass is 10.3. The van der Waals surface area contributed by atoms with E-state index in [4.69, 9.17) is 18.7 Å². The summed E-state index contributed by atoms with van der Waals surface area (Å²) >= 11 is 0. The van der Waals surface area contributed by atoms with Crippen molar-refractivity contribution in [2.24, 2.45) is 0 Å². The Kier molecular flexibility index (Phi) is 4.41. The van der Waals surface area contributed by atoms with E-state index in [9.17, 15) is 4.79 Å². The minimum atomic E-state index is -0.227. The van der Waals surface area contributed by atoms with E-state index in [-0.39, 0.29) is 19.3 Å². The lowest BCUT2D eigenvalue weighted by molar-refractivity contribution is 0.0766. The van der Waals surface area contributed by atoms with Crippen molar-refractivity contribution >= 4 is 5.91 Å². The number of hydrogen-bond acceptors (Lipinski definition) is 7. The number of nitrogens with zero attached hydrogens (tertiary/aromatic N) is 3. The van der Waals surface area contributed by atoms with Gasteiger partial charge in [-0.05, 0) is 25.1 Å². The molecule has 2 aromatic heterocycles. The molecule has 0 spiro atoms. The van der Waals surface area contributed by atoms with Gasteiger partial charge in [0.2, 0.25) is 6.79 Å². The Bertz CT molecular complexity index is 964. The fourth-order valence-electron chi connectivity index (χ4n) is 2.66. The summed E-state index contributed by atoms with van der Waals surface area (Å²) in [6.45, 7) is 2.60. The number of aryl methyl sites for hydroxylation is 1. The number of amides is 1. The number of nitrogens with one attached hydrogen (secondary N) is 1. The minimum absolute atomic E-state index is 0.214. The summed E-state index contributed by atoms with van der Waals surface area (Å²) in [6.07, 6.45) is 0. The third-order valence-electron chi connectivity index (χ3n) is 4.00. The van der Waals surface area contributed by atoms with Gasteiger partial charge in [0, 0.05) is 19.2 Å². The zero-order valence-electron chi connectivity index (χ0n) is 14.9. The van der Waals surface area contributed by atoms with Gasteiger partial charge in [-0.15, -0.1) is 0 Å². The Morgan fingerprint density at radius 2 is 2.11 bits per heavy atom. The van der Waals surface area contributed by atoms with Gasteiger partial charge < -0.3 is 23.6 Å². The summed E-state index contributed by atoms with van der Waals surface area (Å²) in [5.74, 6) is 2.37. The van der Waals surface area contributed by atoms with Crippen LogP contribution in [0.3, 0.4) is 0 Å². The highest BCUT2D eigenvalue weighted by atomic mass is 16.7. The molecule has 0 unspecified atom stereocenters. The minimum Gasteiger partial charge on any atom is -0.487 e. The van der Waals surface area contributed by atoms with Gasteiger partial charge in [-0.2, -0.15) is 5.10 Å². The Balaban J connectivity index is 1.35. The largest absolute Gasteiger partial charge is 0.487 e. The smallest absolute Gasteiger partial charge is 0.274 e. The Morgan fingerprint density at radius 1 is 1.26 bits per heavy atom. The number of aromatic amines is 1. The number of hydrogen-bond donors (Lipinski definition) is 1. The molecule has 9 nitrogen and oxygen atoms in total. The monoisotopic (exact) mass is 370 g/mol. The van der Waals surface area contributed by atoms with Crippen LogP contribution in [0.4, 0.5) is 0 Å². The van der Waals surface area contributed by atoms with Gasteiger partial charge in [0.1, 0.15) is 12.4 Å². The van der Waals surface area contributed by atoms with Crippen LogP contribution in [-0.2, 0) is 13.2 Å². The van der Waals surface area contributed by atoms with Crippen molar-refractivity contribution in [2.75, 3.05) is 13.8 Å². The summed E-state index contributed by atoms with van der Waals surface area (Å²) < 4.78 is 21.4. The first-order valence-electron chi connectivity index (χ1n) is 8.33. The first kappa shape index (κ1) is 17.0. The maximum Gasteiger partial charge on any atom is 0.274 e. The highest BCUT2D eigenvalue weighted by Crippen LogP contribution is 2.35. The van der Waals surface area contributed by atoms with Gasteiger partial charge in [0.15, 0.2) is 23.0 Å². The molecule has 4 rings (SSSR count). The molecule has 0 aliphatic carbocycles. The van der Waals surface area contributed by atoms with Crippen molar-refractivity contribution in [1.29, 1.82) is 0 Å². The molecule has 140 valence electrons. The summed E-state index contributed by atoms with van der Waals surface area (Å²) in [7, 11) is 1.68. The number of benzene rings is 1. The van der Waals surface area contributed by atoms with Gasteiger partial charge in [0.05, 0.1) is 17.9 Å². The van der Waals surface area contributed by atoms with Crippen LogP contribution in [0.25, 0.3) is 0 Å². The standard InChI is InChI=1S/C18H18N4O5/c1-11-5-14(27-21-11)8-22(2)18(23)15-6-12(19-20-15)9-24-13-3-4-16-17(7-13)26-10-25-16/h3-7H,8-10H2,1-2H3,(H,19,20). The molecule has 3 aromatic rings. The van der Waals surface area contributed by atoms with E-state index in [0.29, 0.717) is 40.9 Å². The molecule has 1 aromatic carbocycles. The number of aromatic nitrogens is 3. The molecule has 1 N–H and O–H groups in total. The normalized spacial score (nSPS) is 12.2. The Morgan fingerprint density at radius 3 is 2.93 bits per heavy atom. The number of rotatable bonds is 6. The zero-order valence-corrected chi connectivity index (χ0v) is 14.9. The van der Waals surface area contributed by atoms with Gasteiger partial charge in [-0.3, -0.25) is 9.89 Å². The Labute approximate surface area is 154 Å². The SMILES string of the molecule is Cc1cc(CN(C)C(=O)c2cc(COc3ccc4c(c3)OCO4)[nH]n2)on1. The molecule has 1 amide bonds. The van der Waals surface area contributed by atoms with Gasteiger partial charge >= 0.3 is 0 Å². The molecule has 9 heteroatoms. The number of fused-ring (bicyclic) bond motifs is 1. The van der Waals surface area contributed by atoms with Crippen LogP contribution in [0, 0.1) is 6.92 Å². The summed E-state index contributed by atoms with van der Waals surface area (Å²) in [5, 5.41) is 10.7. The summed E-state index contributed by atoms with van der Waals surface area (Å²) in [5.41, 5.74) is 1.76. The van der Waals surface area contributed by atoms with Gasteiger partial charge in [-0.1, -0.05) is 5.16 Å². The van der Waals surface area contributed by atoms with Crippen LogP contribution in [0.2, 0.25) is 0 Å². The molecule has 0 fully saturated rings. The highest BCUT2D eigenvalue weighted by Gasteiger charge is 2.18. The molecule has 0 bridgehead atoms. The van der Waals surface area contributed by atoms with Crippen molar-refractivity contribution in [2.45, 2.75) is 20.1 Å². The van der Waals surface area contributed by atoms with Crippen molar-refractivity contribution < 1.29 is 23.5 Å². The van der Waals surface area contributed by atoms with E-state index >= 15 is 0 Å². The average Bonchev–Trinajstić information content (AvgIpc) is 3.39. The van der Waals surface area contributed by atoms with Gasteiger partial charge in [0.25, 0.3) is 5.91 Å². The van der Waals surface area contributed by atoms with Crippen molar-refractivity contribution in [3.05, 3.63) is 53.2 Å². The van der Waals surface area contributed by atoms with Crippen molar-refractivity contribution in [1.82, 2.24) is 20.3 Å². The number of H-pyrrole nitrogens is 1. The van der Waals surface area contributed by atoms with E-state index < -0.39 is 0 Å².